The van der Waals surface area contributed by atoms with Crippen LogP contribution < -0.4 is 4.40 Å². The molecule has 0 atom stereocenters. The SMILES string of the molecule is CC(C)(C)C(=O)/C=C(\O)C(C)(C)C.Cc1[c-]c(-c2cc(-c3ccccc3)c3c[c]([Ge]([CH3])([CH3])[CH3])ccc3n2)cc(-c2ccccc2)c1.[Ir]. The number of ketones is 1. The van der Waals surface area contributed by atoms with Gasteiger partial charge < -0.3 is 5.11 Å². The van der Waals surface area contributed by atoms with Crippen molar-refractivity contribution in [3.8, 4) is 33.5 Å². The number of fused-ring (bicyclic) bond motifs is 1. The fourth-order valence-electron chi connectivity index (χ4n) is 4.89. The predicted octanol–water partition coefficient (Wildman–Crippen LogP) is 11.0. The summed E-state index contributed by atoms with van der Waals surface area (Å²) in [5.74, 6) is 7.43. The van der Waals surface area contributed by atoms with Crippen molar-refractivity contribution in [3.05, 3.63) is 121 Å². The summed E-state index contributed by atoms with van der Waals surface area (Å²) in [4.78, 5) is 16.6. The van der Waals surface area contributed by atoms with Crippen LogP contribution in [0, 0.1) is 23.8 Å². The van der Waals surface area contributed by atoms with E-state index in [9.17, 15) is 9.90 Å². The average molecular weight is 864 g/mol. The zero-order chi connectivity index (χ0) is 33.9. The topological polar surface area (TPSA) is 50.2 Å². The molecule has 0 saturated heterocycles. The largest absolute Gasteiger partial charge is 0 e. The van der Waals surface area contributed by atoms with E-state index in [4.69, 9.17) is 4.98 Å². The van der Waals surface area contributed by atoms with Crippen LogP contribution in [0.5, 0.6) is 0 Å². The molecule has 3 nitrogen and oxygen atoms in total. The predicted molar refractivity (Wildman–Crippen MR) is 199 cm³/mol. The molecule has 0 aliphatic carbocycles. The number of carbonyl (C=O) groups excluding carboxylic acids is 1. The van der Waals surface area contributed by atoms with Crippen LogP contribution in [0.25, 0.3) is 44.4 Å². The second-order valence-electron chi connectivity index (χ2n) is 15.1. The Hall–Kier alpha value is -3.31. The van der Waals surface area contributed by atoms with Gasteiger partial charge in [0.25, 0.3) is 0 Å². The third-order valence-electron chi connectivity index (χ3n) is 7.92. The fraction of sp³-hybridized carbons (Fsp3) is 0.286. The molecule has 0 bridgehead atoms. The Bertz CT molecular complexity index is 1860. The van der Waals surface area contributed by atoms with Crippen molar-refractivity contribution in [2.45, 2.75) is 65.7 Å². The van der Waals surface area contributed by atoms with Gasteiger partial charge in [0, 0.05) is 37.0 Å². The second kappa shape index (κ2) is 15.3. The van der Waals surface area contributed by atoms with Gasteiger partial charge in [0.15, 0.2) is 5.78 Å². The van der Waals surface area contributed by atoms with Crippen LogP contribution in [-0.2, 0) is 24.9 Å². The molecule has 0 fully saturated rings. The Balaban J connectivity index is 0.000000367. The number of aromatic nitrogens is 1. The summed E-state index contributed by atoms with van der Waals surface area (Å²) in [6.07, 6.45) is 1.33. The number of hydrogen-bond acceptors (Lipinski definition) is 3. The van der Waals surface area contributed by atoms with Gasteiger partial charge in [-0.1, -0.05) is 47.6 Å². The molecule has 5 rings (SSSR count). The number of allylic oxidation sites excluding steroid dienone is 2. The molecule has 0 aliphatic heterocycles. The Kier molecular flexibility index (Phi) is 12.4. The van der Waals surface area contributed by atoms with Crippen LogP contribution >= 0.6 is 0 Å². The van der Waals surface area contributed by atoms with E-state index in [1.165, 1.54) is 38.1 Å². The molecule has 0 saturated carbocycles. The first-order valence-electron chi connectivity index (χ1n) is 16.0. The molecule has 1 aromatic heterocycles. The maximum atomic E-state index is 11.5. The summed E-state index contributed by atoms with van der Waals surface area (Å²) in [7, 11) is 0. The maximum Gasteiger partial charge on any atom is 0 e. The van der Waals surface area contributed by atoms with Gasteiger partial charge in [-0.05, 0) is 0 Å². The maximum absolute atomic E-state index is 11.5. The van der Waals surface area contributed by atoms with Crippen molar-refractivity contribution in [3.63, 3.8) is 0 Å². The Morgan fingerprint density at radius 3 is 1.85 bits per heavy atom. The normalized spacial score (nSPS) is 12.2. The number of pyridine rings is 1. The van der Waals surface area contributed by atoms with Gasteiger partial charge in [0.1, 0.15) is 5.76 Å². The van der Waals surface area contributed by atoms with Gasteiger partial charge in [0.2, 0.25) is 0 Å². The van der Waals surface area contributed by atoms with Crippen molar-refractivity contribution in [2.24, 2.45) is 10.8 Å². The third-order valence-corrected chi connectivity index (χ3v) is 12.2. The van der Waals surface area contributed by atoms with Crippen LogP contribution in [0.1, 0.15) is 47.1 Å². The van der Waals surface area contributed by atoms with E-state index in [0.29, 0.717) is 0 Å². The molecule has 1 radical (unpaired) electrons. The quantitative estimate of drug-likeness (QED) is 0.0829. The Morgan fingerprint density at radius 2 is 1.32 bits per heavy atom. The van der Waals surface area contributed by atoms with E-state index in [1.807, 2.05) is 41.5 Å². The molecule has 0 aliphatic rings. The van der Waals surface area contributed by atoms with Crippen LogP contribution in [0.2, 0.25) is 17.3 Å². The monoisotopic (exact) mass is 865 g/mol. The molecule has 47 heavy (non-hydrogen) atoms. The number of aryl methyl sites for hydroxylation is 1. The summed E-state index contributed by atoms with van der Waals surface area (Å²) in [5, 5.41) is 10.8. The van der Waals surface area contributed by atoms with Crippen LogP contribution in [0.15, 0.2) is 109 Å². The molecule has 247 valence electrons. The molecule has 0 unspecified atom stereocenters. The van der Waals surface area contributed by atoms with Crippen molar-refractivity contribution in [1.29, 1.82) is 0 Å². The second-order valence-corrected chi connectivity index (χ2v) is 25.8. The average Bonchev–Trinajstić information content (AvgIpc) is 2.99. The number of hydrogen-bond donors (Lipinski definition) is 1. The van der Waals surface area contributed by atoms with Crippen molar-refractivity contribution < 1.29 is 30.0 Å². The molecule has 4 aromatic carbocycles. The summed E-state index contributed by atoms with van der Waals surface area (Å²) >= 11 is -1.97. The molecule has 0 amide bonds. The zero-order valence-corrected chi connectivity index (χ0v) is 33.9. The smallest absolute Gasteiger partial charge is 0 e. The molecular formula is C42H48GeIrNO2-. The number of nitrogens with zero attached hydrogens (tertiary/aromatic N) is 1. The standard InChI is InChI=1S/C31H28GeN.C11H20O2.Ir/c1-22-17-25(23-11-7-5-8-12-23)19-26(18-22)31-21-28(24-13-9-6-10-14-24)29-20-27(32(2,3)4)15-16-30(29)33-31;1-10(2,3)8(12)7-9(13)11(4,5)6;/h5-17,19-21H,1-4H3;7,12H,1-6H3;/q-1;;/b;8-7-;. The number of carbonyl (C=O) groups is 1. The van der Waals surface area contributed by atoms with E-state index in [-0.39, 0.29) is 37.1 Å². The number of aliphatic hydroxyl groups excluding tert-OH is 1. The summed E-state index contributed by atoms with van der Waals surface area (Å²) < 4.78 is 1.50. The summed E-state index contributed by atoms with van der Waals surface area (Å²) in [5.41, 5.74) is 8.25. The van der Waals surface area contributed by atoms with E-state index in [2.05, 4.69) is 127 Å². The van der Waals surface area contributed by atoms with E-state index >= 15 is 0 Å². The van der Waals surface area contributed by atoms with Crippen molar-refractivity contribution >= 4 is 34.3 Å². The molecule has 0 spiro atoms. The first-order valence-corrected chi connectivity index (χ1v) is 23.3. The molecule has 5 heteroatoms. The van der Waals surface area contributed by atoms with E-state index < -0.39 is 18.7 Å². The van der Waals surface area contributed by atoms with Crippen LogP contribution in [-0.4, -0.2) is 29.1 Å². The summed E-state index contributed by atoms with van der Waals surface area (Å²) in [6.45, 7) is 13.2. The number of aliphatic hydroxyl groups is 1. The first-order chi connectivity index (χ1) is 21.4. The zero-order valence-electron chi connectivity index (χ0n) is 29.5. The van der Waals surface area contributed by atoms with Gasteiger partial charge in [-0.15, -0.1) is 0 Å². The molecule has 1 heterocycles. The van der Waals surface area contributed by atoms with E-state index in [0.717, 1.165) is 22.3 Å². The number of benzene rings is 4. The van der Waals surface area contributed by atoms with E-state index in [1.54, 1.807) is 0 Å². The summed E-state index contributed by atoms with van der Waals surface area (Å²) in [6, 6.07) is 38.3. The van der Waals surface area contributed by atoms with Gasteiger partial charge in [-0.2, -0.15) is 0 Å². The van der Waals surface area contributed by atoms with Crippen LogP contribution in [0.4, 0.5) is 0 Å². The van der Waals surface area contributed by atoms with Gasteiger partial charge in [0.05, 0.1) is 0 Å². The molecule has 1 N–H and O–H groups in total. The third kappa shape index (κ3) is 10.1. The minimum Gasteiger partial charge on any atom is 0 e. The van der Waals surface area contributed by atoms with Gasteiger partial charge in [-0.25, -0.2) is 0 Å². The fourth-order valence-corrected chi connectivity index (χ4v) is 7.33. The minimum absolute atomic E-state index is 0. The number of rotatable bonds is 5. The Labute approximate surface area is 298 Å². The van der Waals surface area contributed by atoms with Crippen molar-refractivity contribution in [1.82, 2.24) is 4.98 Å². The van der Waals surface area contributed by atoms with Crippen LogP contribution in [0.3, 0.4) is 0 Å². The minimum atomic E-state index is -1.97. The first kappa shape index (κ1) is 38.1. The molecule has 5 aromatic rings. The molecular weight excluding hydrogens is 815 g/mol. The van der Waals surface area contributed by atoms with Crippen molar-refractivity contribution in [2.75, 3.05) is 0 Å². The van der Waals surface area contributed by atoms with Gasteiger partial charge >= 0.3 is 194 Å². The van der Waals surface area contributed by atoms with Gasteiger partial charge in [-0.3, -0.25) is 4.79 Å². The Morgan fingerprint density at radius 1 is 0.745 bits per heavy atom.